The molecule has 1 aromatic carbocycles. The van der Waals surface area contributed by atoms with Crippen LogP contribution < -0.4 is 22.3 Å². The molecule has 1 aromatic heterocycles. The number of carbonyl (C=O) groups excluding carboxylic acids is 1. The molecule has 1 fully saturated rings. The molecule has 0 spiro atoms. The first-order valence-corrected chi connectivity index (χ1v) is 12.1. The van der Waals surface area contributed by atoms with Gasteiger partial charge in [-0.2, -0.15) is 0 Å². The Bertz CT molecular complexity index is 1380. The van der Waals surface area contributed by atoms with Crippen LogP contribution in [0.2, 0.25) is 0 Å². The molecular formula is C24H30N4O14. The van der Waals surface area contributed by atoms with Crippen molar-refractivity contribution in [3.8, 4) is 5.75 Å². The number of hydrogen-bond donors (Lipinski definition) is 10. The second-order valence-electron chi connectivity index (χ2n) is 9.23. The van der Waals surface area contributed by atoms with E-state index in [0.29, 0.717) is 5.56 Å². The third kappa shape index (κ3) is 8.44. The van der Waals surface area contributed by atoms with Crippen LogP contribution in [-0.2, 0) is 23.9 Å². The fraction of sp³-hybridized carbons (Fsp3) is 0.417. The van der Waals surface area contributed by atoms with E-state index in [-0.39, 0.29) is 5.75 Å². The van der Waals surface area contributed by atoms with Gasteiger partial charge in [0.25, 0.3) is 5.56 Å². The van der Waals surface area contributed by atoms with Gasteiger partial charge in [0.2, 0.25) is 5.91 Å². The number of nitrogens with zero attached hydrogens (tertiary/aromatic N) is 1. The van der Waals surface area contributed by atoms with Crippen molar-refractivity contribution in [2.75, 3.05) is 0 Å². The molecule has 1 aliphatic rings. The maximum absolute atomic E-state index is 12.8. The smallest absolute Gasteiger partial charge is 0.414 e. The van der Waals surface area contributed by atoms with Gasteiger partial charge in [0.1, 0.15) is 11.9 Å². The zero-order chi connectivity index (χ0) is 31.9. The van der Waals surface area contributed by atoms with Crippen LogP contribution in [0.25, 0.3) is 0 Å². The Morgan fingerprint density at radius 2 is 1.62 bits per heavy atom. The van der Waals surface area contributed by atoms with Gasteiger partial charge in [-0.05, 0) is 17.7 Å². The van der Waals surface area contributed by atoms with Crippen LogP contribution in [0.3, 0.4) is 0 Å². The molecule has 0 bridgehead atoms. The van der Waals surface area contributed by atoms with Crippen molar-refractivity contribution in [2.24, 2.45) is 11.7 Å². The lowest BCUT2D eigenvalue weighted by atomic mass is 9.90. The number of amides is 1. The summed E-state index contributed by atoms with van der Waals surface area (Å²) in [4.78, 5) is 68.4. The largest absolute Gasteiger partial charge is 0.508 e. The quantitative estimate of drug-likeness (QED) is 0.133. The number of rotatable bonds is 8. The molecule has 0 radical (unpaired) electrons. The van der Waals surface area contributed by atoms with E-state index in [1.165, 1.54) is 31.2 Å². The van der Waals surface area contributed by atoms with Crippen molar-refractivity contribution in [1.29, 1.82) is 0 Å². The molecule has 1 saturated heterocycles. The molecular weight excluding hydrogens is 568 g/mol. The molecule has 1 amide bonds. The van der Waals surface area contributed by atoms with Crippen molar-refractivity contribution in [2.45, 2.75) is 56.1 Å². The predicted octanol–water partition coefficient (Wildman–Crippen LogP) is -3.33. The summed E-state index contributed by atoms with van der Waals surface area (Å²) in [6.07, 6.45) is -6.75. The standard InChI is InChI=1S/C22H28N4O10.C2H2O4/c1-9(17(30)10-2-4-11(27)5-3-10)15(23)19(32)25-16(21(33)34)13-8-12(28)18(31)20(36-13)26-7-6-14(29)24-22(26)35;3-1(4)2(5)6/h2-7,9,12-13,15-18,20,27-28,30-31H,8,23H2,1H3,(H,25,32)(H,33,34)(H,24,29,35);(H,3,4)(H,5,6)/t9-,12+,13-,15-,16-,17-,18+,20+;/m0./s1. The van der Waals surface area contributed by atoms with Gasteiger partial charge in [-0.15, -0.1) is 0 Å². The number of carbonyl (C=O) groups is 4. The normalized spacial score (nSPS) is 22.8. The van der Waals surface area contributed by atoms with Crippen LogP contribution in [0.1, 0.15) is 31.2 Å². The molecule has 18 heteroatoms. The van der Waals surface area contributed by atoms with Crippen molar-refractivity contribution < 1.29 is 59.7 Å². The highest BCUT2D eigenvalue weighted by atomic mass is 16.5. The summed E-state index contributed by atoms with van der Waals surface area (Å²) in [6.45, 7) is 1.48. The second-order valence-corrected chi connectivity index (χ2v) is 9.23. The molecule has 11 N–H and O–H groups in total. The fourth-order valence-corrected chi connectivity index (χ4v) is 3.93. The second kappa shape index (κ2) is 14.3. The number of ether oxygens (including phenoxy) is 1. The van der Waals surface area contributed by atoms with Crippen LogP contribution in [0, 0.1) is 5.92 Å². The minimum atomic E-state index is -1.82. The summed E-state index contributed by atoms with van der Waals surface area (Å²) in [7, 11) is 0. The first-order chi connectivity index (χ1) is 19.5. The Morgan fingerprint density at radius 3 is 2.12 bits per heavy atom. The van der Waals surface area contributed by atoms with Gasteiger partial charge < -0.3 is 51.5 Å². The number of carboxylic acid groups (broad SMARTS) is 3. The highest BCUT2D eigenvalue weighted by molar-refractivity contribution is 6.27. The van der Waals surface area contributed by atoms with Crippen LogP contribution in [-0.4, -0.2) is 99.5 Å². The summed E-state index contributed by atoms with van der Waals surface area (Å²) in [5.41, 5.74) is 4.68. The summed E-state index contributed by atoms with van der Waals surface area (Å²) in [5.74, 6) is -7.02. The van der Waals surface area contributed by atoms with E-state index in [1.807, 2.05) is 4.98 Å². The van der Waals surface area contributed by atoms with E-state index >= 15 is 0 Å². The summed E-state index contributed by atoms with van der Waals surface area (Å²) in [5, 5.41) is 67.3. The lowest BCUT2D eigenvalue weighted by Gasteiger charge is -2.40. The molecule has 0 aliphatic carbocycles. The number of phenols is 1. The van der Waals surface area contributed by atoms with E-state index in [1.54, 1.807) is 0 Å². The number of aromatic hydroxyl groups is 1. The zero-order valence-electron chi connectivity index (χ0n) is 21.8. The average molecular weight is 599 g/mol. The average Bonchev–Trinajstić information content (AvgIpc) is 2.92. The number of nitrogens with one attached hydrogen (secondary N) is 2. The number of carboxylic acids is 3. The minimum absolute atomic E-state index is 0.0211. The number of H-pyrrole nitrogens is 1. The van der Waals surface area contributed by atoms with Crippen LogP contribution >= 0.6 is 0 Å². The van der Waals surface area contributed by atoms with Crippen molar-refractivity contribution in [1.82, 2.24) is 14.9 Å². The number of aromatic amines is 1. The van der Waals surface area contributed by atoms with Gasteiger partial charge in [-0.25, -0.2) is 19.2 Å². The molecule has 1 aliphatic heterocycles. The highest BCUT2D eigenvalue weighted by Crippen LogP contribution is 2.29. The predicted molar refractivity (Wildman–Crippen MR) is 137 cm³/mol. The van der Waals surface area contributed by atoms with E-state index in [2.05, 4.69) is 5.32 Å². The van der Waals surface area contributed by atoms with E-state index in [9.17, 15) is 44.7 Å². The lowest BCUT2D eigenvalue weighted by molar-refractivity contribution is -0.209. The first-order valence-electron chi connectivity index (χ1n) is 12.1. The molecule has 0 unspecified atom stereocenters. The van der Waals surface area contributed by atoms with E-state index in [4.69, 9.17) is 30.3 Å². The molecule has 3 rings (SSSR count). The Labute approximate surface area is 235 Å². The lowest BCUT2D eigenvalue weighted by Crippen LogP contribution is -2.60. The number of aliphatic hydroxyl groups is 3. The third-order valence-electron chi connectivity index (χ3n) is 6.32. The number of aliphatic hydroxyl groups excluding tert-OH is 3. The molecule has 42 heavy (non-hydrogen) atoms. The van der Waals surface area contributed by atoms with Crippen LogP contribution in [0.15, 0.2) is 46.1 Å². The maximum Gasteiger partial charge on any atom is 0.414 e. The Morgan fingerprint density at radius 1 is 1.05 bits per heavy atom. The topological polar surface area (TPSA) is 312 Å². The molecule has 18 nitrogen and oxygen atoms in total. The van der Waals surface area contributed by atoms with E-state index in [0.717, 1.165) is 16.8 Å². The van der Waals surface area contributed by atoms with Gasteiger partial charge in [-0.3, -0.25) is 19.1 Å². The number of hydrogen-bond acceptors (Lipinski definition) is 12. The van der Waals surface area contributed by atoms with Crippen molar-refractivity contribution in [3.63, 3.8) is 0 Å². The molecule has 2 aromatic rings. The Hall–Kier alpha value is -4.62. The summed E-state index contributed by atoms with van der Waals surface area (Å²) in [6, 6.07) is 3.45. The fourth-order valence-electron chi connectivity index (χ4n) is 3.93. The van der Waals surface area contributed by atoms with Crippen molar-refractivity contribution in [3.05, 3.63) is 62.9 Å². The molecule has 8 atom stereocenters. The summed E-state index contributed by atoms with van der Waals surface area (Å²) >= 11 is 0. The number of benzene rings is 1. The third-order valence-corrected chi connectivity index (χ3v) is 6.32. The number of aliphatic carboxylic acids is 3. The van der Waals surface area contributed by atoms with Crippen molar-refractivity contribution >= 4 is 23.8 Å². The summed E-state index contributed by atoms with van der Waals surface area (Å²) < 4.78 is 6.37. The van der Waals surface area contributed by atoms with Gasteiger partial charge in [0.05, 0.1) is 24.4 Å². The number of nitrogens with two attached hydrogens (primary N) is 1. The van der Waals surface area contributed by atoms with Crippen LogP contribution in [0.5, 0.6) is 5.75 Å². The Kier molecular flexibility index (Phi) is 11.5. The number of aromatic nitrogens is 2. The monoisotopic (exact) mass is 598 g/mol. The van der Waals surface area contributed by atoms with Crippen LogP contribution in [0.4, 0.5) is 0 Å². The number of phenolic OH excluding ortho intramolecular Hbond substituents is 1. The maximum atomic E-state index is 12.8. The Balaban J connectivity index is 0.000000928. The molecule has 230 valence electrons. The van der Waals surface area contributed by atoms with Gasteiger partial charge in [0, 0.05) is 24.6 Å². The SMILES string of the molecule is C[C@@H]([C@H](N)C(=O)N[C@H](C(=O)O)[C@@H]1C[C@@H](O)[C@@H](O)[C@H](n2ccc(=O)[nH]c2=O)O1)[C@H](O)c1ccc(O)cc1.O=C(O)C(=O)O. The van der Waals surface area contributed by atoms with Gasteiger partial charge in [-0.1, -0.05) is 19.1 Å². The molecule has 0 saturated carbocycles. The molecule has 2 heterocycles. The first kappa shape index (κ1) is 33.6. The van der Waals surface area contributed by atoms with E-state index < -0.39 is 90.1 Å². The highest BCUT2D eigenvalue weighted by Gasteiger charge is 2.44. The minimum Gasteiger partial charge on any atom is -0.508 e. The zero-order valence-corrected chi connectivity index (χ0v) is 21.8. The van der Waals surface area contributed by atoms with Gasteiger partial charge >= 0.3 is 23.6 Å². The van der Waals surface area contributed by atoms with Gasteiger partial charge in [0.15, 0.2) is 12.3 Å².